The fourth-order valence-corrected chi connectivity index (χ4v) is 1.76. The summed E-state index contributed by atoms with van der Waals surface area (Å²) in [6.07, 6.45) is 1.28. The summed E-state index contributed by atoms with van der Waals surface area (Å²) < 4.78 is 0. The Morgan fingerprint density at radius 3 is 2.36 bits per heavy atom. The van der Waals surface area contributed by atoms with Gasteiger partial charge in [-0.1, -0.05) is 13.8 Å². The van der Waals surface area contributed by atoms with E-state index in [1.165, 1.54) is 39.1 Å². The van der Waals surface area contributed by atoms with Crippen LogP contribution in [0.25, 0.3) is 0 Å². The molecule has 0 radical (unpaired) electrons. The summed E-state index contributed by atoms with van der Waals surface area (Å²) in [7, 11) is 2.21. The molecule has 0 atom stereocenters. The minimum atomic E-state index is 0.627. The monoisotopic (exact) mass is 199 g/mol. The Balaban J connectivity index is 1.96. The van der Waals surface area contributed by atoms with Gasteiger partial charge in [-0.3, -0.25) is 0 Å². The van der Waals surface area contributed by atoms with E-state index in [1.54, 1.807) is 0 Å². The van der Waals surface area contributed by atoms with Gasteiger partial charge in [-0.05, 0) is 26.6 Å². The summed E-state index contributed by atoms with van der Waals surface area (Å²) in [5, 5.41) is 3.46. The molecule has 1 aliphatic rings. The zero-order valence-corrected chi connectivity index (χ0v) is 9.92. The molecule has 1 rings (SSSR count). The third-order valence-electron chi connectivity index (χ3n) is 2.80. The highest BCUT2D eigenvalue weighted by Gasteiger charge is 2.12. The van der Waals surface area contributed by atoms with E-state index in [0.717, 1.165) is 6.54 Å². The summed E-state index contributed by atoms with van der Waals surface area (Å²) in [6.45, 7) is 11.8. The van der Waals surface area contributed by atoms with Gasteiger partial charge in [0.05, 0.1) is 0 Å². The second kappa shape index (κ2) is 6.38. The van der Waals surface area contributed by atoms with Crippen molar-refractivity contribution in [3.05, 3.63) is 0 Å². The molecular weight excluding hydrogens is 174 g/mol. The lowest BCUT2D eigenvalue weighted by Gasteiger charge is -2.32. The molecule has 0 spiro atoms. The van der Waals surface area contributed by atoms with Gasteiger partial charge in [-0.15, -0.1) is 0 Å². The van der Waals surface area contributed by atoms with Gasteiger partial charge in [-0.2, -0.15) is 0 Å². The number of nitrogens with zero attached hydrogens (tertiary/aromatic N) is 2. The van der Waals surface area contributed by atoms with Gasteiger partial charge < -0.3 is 15.1 Å². The molecule has 3 nitrogen and oxygen atoms in total. The lowest BCUT2D eigenvalue weighted by Crippen LogP contribution is -2.45. The SMILES string of the molecule is CC(C)NCCCN1CCN(C)CC1. The first-order valence-electron chi connectivity index (χ1n) is 5.83. The fraction of sp³-hybridized carbons (Fsp3) is 1.00. The lowest BCUT2D eigenvalue weighted by molar-refractivity contribution is 0.152. The molecule has 1 fully saturated rings. The van der Waals surface area contributed by atoms with Crippen LogP contribution >= 0.6 is 0 Å². The molecule has 0 unspecified atom stereocenters. The first-order valence-corrected chi connectivity index (χ1v) is 5.83. The van der Waals surface area contributed by atoms with E-state index in [9.17, 15) is 0 Å². The number of rotatable bonds is 5. The van der Waals surface area contributed by atoms with Crippen LogP contribution in [0.1, 0.15) is 20.3 Å². The van der Waals surface area contributed by atoms with Gasteiger partial charge >= 0.3 is 0 Å². The molecule has 1 N–H and O–H groups in total. The van der Waals surface area contributed by atoms with E-state index in [4.69, 9.17) is 0 Å². The first kappa shape index (κ1) is 12.0. The van der Waals surface area contributed by atoms with E-state index in [1.807, 2.05) is 0 Å². The third-order valence-corrected chi connectivity index (χ3v) is 2.80. The summed E-state index contributed by atoms with van der Waals surface area (Å²) in [5.74, 6) is 0. The van der Waals surface area contributed by atoms with Crippen LogP contribution in [-0.4, -0.2) is 62.2 Å². The van der Waals surface area contributed by atoms with Crippen LogP contribution in [-0.2, 0) is 0 Å². The molecule has 1 heterocycles. The van der Waals surface area contributed by atoms with Gasteiger partial charge in [0.2, 0.25) is 0 Å². The Hall–Kier alpha value is -0.120. The number of likely N-dealkylation sites (N-methyl/N-ethyl adjacent to an activating group) is 1. The largest absolute Gasteiger partial charge is 0.314 e. The highest BCUT2D eigenvalue weighted by molar-refractivity contribution is 4.69. The van der Waals surface area contributed by atoms with E-state index >= 15 is 0 Å². The molecule has 0 aliphatic carbocycles. The molecular formula is C11H25N3. The van der Waals surface area contributed by atoms with E-state index in [0.29, 0.717) is 6.04 Å². The van der Waals surface area contributed by atoms with E-state index in [-0.39, 0.29) is 0 Å². The van der Waals surface area contributed by atoms with E-state index < -0.39 is 0 Å². The summed E-state index contributed by atoms with van der Waals surface area (Å²) >= 11 is 0. The van der Waals surface area contributed by atoms with Crippen molar-refractivity contribution in [3.63, 3.8) is 0 Å². The number of hydrogen-bond donors (Lipinski definition) is 1. The molecule has 0 bridgehead atoms. The van der Waals surface area contributed by atoms with E-state index in [2.05, 4.69) is 36.0 Å². The first-order chi connectivity index (χ1) is 6.68. The number of nitrogens with one attached hydrogen (secondary N) is 1. The molecule has 0 aromatic heterocycles. The number of piperazine rings is 1. The molecule has 0 amide bonds. The van der Waals surface area contributed by atoms with Gasteiger partial charge in [-0.25, -0.2) is 0 Å². The van der Waals surface area contributed by atoms with Crippen molar-refractivity contribution in [2.75, 3.05) is 46.3 Å². The fourth-order valence-electron chi connectivity index (χ4n) is 1.76. The Kier molecular flexibility index (Phi) is 5.45. The molecule has 84 valence electrons. The highest BCUT2D eigenvalue weighted by Crippen LogP contribution is 1.99. The predicted octanol–water partition coefficient (Wildman–Crippen LogP) is 0.622. The maximum absolute atomic E-state index is 3.46. The second-order valence-electron chi connectivity index (χ2n) is 4.61. The quantitative estimate of drug-likeness (QED) is 0.655. The van der Waals surface area contributed by atoms with Crippen molar-refractivity contribution in [2.24, 2.45) is 0 Å². The Morgan fingerprint density at radius 2 is 1.79 bits per heavy atom. The van der Waals surface area contributed by atoms with Crippen molar-refractivity contribution >= 4 is 0 Å². The minimum Gasteiger partial charge on any atom is -0.314 e. The van der Waals surface area contributed by atoms with Crippen LogP contribution < -0.4 is 5.32 Å². The smallest absolute Gasteiger partial charge is 0.0110 e. The summed E-state index contributed by atoms with van der Waals surface area (Å²) in [6, 6.07) is 0.627. The summed E-state index contributed by atoms with van der Waals surface area (Å²) in [4.78, 5) is 4.98. The molecule has 1 saturated heterocycles. The Morgan fingerprint density at radius 1 is 1.14 bits per heavy atom. The zero-order valence-electron chi connectivity index (χ0n) is 9.92. The second-order valence-corrected chi connectivity index (χ2v) is 4.61. The average molecular weight is 199 g/mol. The molecule has 0 saturated carbocycles. The molecule has 1 aliphatic heterocycles. The van der Waals surface area contributed by atoms with Crippen LogP contribution in [0.15, 0.2) is 0 Å². The van der Waals surface area contributed by atoms with Crippen LogP contribution in [0.2, 0.25) is 0 Å². The van der Waals surface area contributed by atoms with Gasteiger partial charge in [0, 0.05) is 32.2 Å². The van der Waals surface area contributed by atoms with Gasteiger partial charge in [0.1, 0.15) is 0 Å². The summed E-state index contributed by atoms with van der Waals surface area (Å²) in [5.41, 5.74) is 0. The Labute approximate surface area is 88.5 Å². The van der Waals surface area contributed by atoms with Crippen molar-refractivity contribution in [1.82, 2.24) is 15.1 Å². The normalized spacial score (nSPS) is 20.6. The van der Waals surface area contributed by atoms with Crippen molar-refractivity contribution in [2.45, 2.75) is 26.3 Å². The van der Waals surface area contributed by atoms with Gasteiger partial charge in [0.15, 0.2) is 0 Å². The predicted molar refractivity (Wildman–Crippen MR) is 61.7 cm³/mol. The highest BCUT2D eigenvalue weighted by atomic mass is 15.2. The van der Waals surface area contributed by atoms with Crippen LogP contribution in [0, 0.1) is 0 Å². The Bertz CT molecular complexity index is 139. The number of hydrogen-bond acceptors (Lipinski definition) is 3. The standard InChI is InChI=1S/C11H25N3/c1-11(2)12-5-4-6-14-9-7-13(3)8-10-14/h11-12H,4-10H2,1-3H3. The zero-order chi connectivity index (χ0) is 10.4. The van der Waals surface area contributed by atoms with Crippen molar-refractivity contribution in [3.8, 4) is 0 Å². The third kappa shape index (κ3) is 4.94. The maximum Gasteiger partial charge on any atom is 0.0110 e. The molecule has 3 heteroatoms. The maximum atomic E-state index is 3.46. The lowest BCUT2D eigenvalue weighted by atomic mass is 10.3. The minimum absolute atomic E-state index is 0.627. The van der Waals surface area contributed by atoms with Gasteiger partial charge in [0.25, 0.3) is 0 Å². The van der Waals surface area contributed by atoms with Crippen molar-refractivity contribution in [1.29, 1.82) is 0 Å². The average Bonchev–Trinajstić information content (AvgIpc) is 2.15. The topological polar surface area (TPSA) is 18.5 Å². The molecule has 0 aromatic rings. The van der Waals surface area contributed by atoms with Crippen LogP contribution in [0.3, 0.4) is 0 Å². The molecule has 14 heavy (non-hydrogen) atoms. The van der Waals surface area contributed by atoms with Crippen LogP contribution in [0.4, 0.5) is 0 Å². The molecule has 0 aromatic carbocycles. The van der Waals surface area contributed by atoms with Crippen molar-refractivity contribution < 1.29 is 0 Å². The van der Waals surface area contributed by atoms with Crippen LogP contribution in [0.5, 0.6) is 0 Å².